The molecule has 1 heterocycles. The van der Waals surface area contributed by atoms with Gasteiger partial charge in [0.15, 0.2) is 0 Å². The minimum absolute atomic E-state index is 0.0225. The van der Waals surface area contributed by atoms with Gasteiger partial charge < -0.3 is 9.64 Å². The Kier molecular flexibility index (Phi) is 6.72. The van der Waals surface area contributed by atoms with E-state index in [1.807, 2.05) is 32.0 Å². The number of carbonyl (C=O) groups is 2. The van der Waals surface area contributed by atoms with Crippen molar-refractivity contribution >= 4 is 23.6 Å². The number of ether oxygens (including phenoxy) is 1. The second-order valence-electron chi connectivity index (χ2n) is 7.04. The summed E-state index contributed by atoms with van der Waals surface area (Å²) in [5.41, 5.74) is 0.621. The van der Waals surface area contributed by atoms with E-state index in [0.29, 0.717) is 23.8 Å². The molecule has 4 nitrogen and oxygen atoms in total. The molecule has 0 unspecified atom stereocenters. The van der Waals surface area contributed by atoms with Crippen LogP contribution in [0.3, 0.4) is 0 Å². The Balaban J connectivity index is 2.20. The number of amides is 1. The van der Waals surface area contributed by atoms with Gasteiger partial charge in [-0.2, -0.15) is 0 Å². The molecule has 0 spiro atoms. The summed E-state index contributed by atoms with van der Waals surface area (Å²) in [6.07, 6.45) is 0.872. The summed E-state index contributed by atoms with van der Waals surface area (Å²) in [7, 11) is 0. The van der Waals surface area contributed by atoms with E-state index in [2.05, 4.69) is 13.8 Å². The van der Waals surface area contributed by atoms with Crippen molar-refractivity contribution in [1.29, 1.82) is 0 Å². The largest absolute Gasteiger partial charge is 0.464 e. The van der Waals surface area contributed by atoms with Crippen LogP contribution < -0.4 is 0 Å². The molecule has 1 aromatic rings. The van der Waals surface area contributed by atoms with Gasteiger partial charge in [0.05, 0.1) is 12.0 Å². The smallest absolute Gasteiger partial charge is 0.329 e. The number of thioether (sulfide) groups is 1. The molecular weight excluding hydrogens is 322 g/mol. The van der Waals surface area contributed by atoms with Crippen LogP contribution in [0.1, 0.15) is 44.5 Å². The molecule has 0 aliphatic carbocycles. The summed E-state index contributed by atoms with van der Waals surface area (Å²) >= 11 is 1.68. The molecule has 1 saturated heterocycles. The highest BCUT2D eigenvalue weighted by Crippen LogP contribution is 2.35. The molecule has 1 aliphatic rings. The Morgan fingerprint density at radius 1 is 1.17 bits per heavy atom. The van der Waals surface area contributed by atoms with E-state index in [4.69, 9.17) is 4.74 Å². The molecule has 1 fully saturated rings. The average Bonchev–Trinajstić information content (AvgIpc) is 2.95. The molecule has 0 aromatic heterocycles. The van der Waals surface area contributed by atoms with Gasteiger partial charge in [0, 0.05) is 11.3 Å². The third-order valence-electron chi connectivity index (χ3n) is 3.85. The van der Waals surface area contributed by atoms with Gasteiger partial charge in [-0.25, -0.2) is 4.79 Å². The van der Waals surface area contributed by atoms with Crippen LogP contribution >= 0.6 is 11.8 Å². The molecule has 132 valence electrons. The van der Waals surface area contributed by atoms with Crippen LogP contribution in [0.2, 0.25) is 0 Å². The molecule has 0 bridgehead atoms. The minimum atomic E-state index is -0.495. The lowest BCUT2D eigenvalue weighted by Crippen LogP contribution is -2.46. The van der Waals surface area contributed by atoms with E-state index in [0.717, 1.165) is 6.42 Å². The van der Waals surface area contributed by atoms with Crippen LogP contribution in [0.15, 0.2) is 30.3 Å². The number of rotatable bonds is 6. The van der Waals surface area contributed by atoms with Gasteiger partial charge in [-0.3, -0.25) is 4.79 Å². The second kappa shape index (κ2) is 8.56. The van der Waals surface area contributed by atoms with Crippen molar-refractivity contribution in [3.63, 3.8) is 0 Å². The number of hydrogen-bond donors (Lipinski definition) is 0. The Hall–Kier alpha value is -1.49. The van der Waals surface area contributed by atoms with Gasteiger partial charge >= 0.3 is 5.97 Å². The van der Waals surface area contributed by atoms with Crippen molar-refractivity contribution in [2.75, 3.05) is 12.4 Å². The molecule has 24 heavy (non-hydrogen) atoms. The van der Waals surface area contributed by atoms with Crippen molar-refractivity contribution < 1.29 is 14.3 Å². The van der Waals surface area contributed by atoms with Crippen molar-refractivity contribution in [1.82, 2.24) is 4.90 Å². The second-order valence-corrected chi connectivity index (χ2v) is 8.25. The summed E-state index contributed by atoms with van der Waals surface area (Å²) in [4.78, 5) is 27.2. The lowest BCUT2D eigenvalue weighted by molar-refractivity contribution is -0.149. The molecule has 5 heteroatoms. The molecule has 2 atom stereocenters. The van der Waals surface area contributed by atoms with Crippen LogP contribution in [0.4, 0.5) is 0 Å². The van der Waals surface area contributed by atoms with Crippen molar-refractivity contribution in [3.8, 4) is 0 Å². The van der Waals surface area contributed by atoms with E-state index in [1.165, 1.54) is 0 Å². The highest BCUT2D eigenvalue weighted by molar-refractivity contribution is 8.00. The predicted octanol–water partition coefficient (Wildman–Crippen LogP) is 3.82. The first-order valence-corrected chi connectivity index (χ1v) is 9.61. The van der Waals surface area contributed by atoms with Gasteiger partial charge in [0.1, 0.15) is 6.04 Å². The first-order valence-electron chi connectivity index (χ1n) is 8.56. The summed E-state index contributed by atoms with van der Waals surface area (Å²) < 4.78 is 5.41. The zero-order chi connectivity index (χ0) is 17.7. The third-order valence-corrected chi connectivity index (χ3v) is 5.16. The van der Waals surface area contributed by atoms with Crippen molar-refractivity contribution in [2.24, 2.45) is 11.8 Å². The maximum Gasteiger partial charge on any atom is 0.329 e. The number of carbonyl (C=O) groups excluding carboxylic acids is 2. The Bertz CT molecular complexity index is 559. The van der Waals surface area contributed by atoms with E-state index in [9.17, 15) is 9.59 Å². The van der Waals surface area contributed by atoms with Gasteiger partial charge in [-0.05, 0) is 30.4 Å². The van der Waals surface area contributed by atoms with E-state index >= 15 is 0 Å². The Morgan fingerprint density at radius 3 is 2.42 bits per heavy atom. The van der Waals surface area contributed by atoms with E-state index in [1.54, 1.807) is 28.8 Å². The molecule has 1 aliphatic heterocycles. The molecular formula is C19H27NO3S. The van der Waals surface area contributed by atoms with Gasteiger partial charge in [-0.1, -0.05) is 45.9 Å². The molecule has 1 amide bonds. The highest BCUT2D eigenvalue weighted by Gasteiger charge is 2.42. The standard InChI is InChI=1S/C19H27NO3S/c1-13(2)10-17-20(18(21)15-8-6-5-7-9-15)16(12-24-17)19(22)23-11-14(3)4/h5-9,13-14,16-17H,10-12H2,1-4H3/t16-,17-/m1/s1. The van der Waals surface area contributed by atoms with Crippen molar-refractivity contribution in [3.05, 3.63) is 35.9 Å². The summed E-state index contributed by atoms with van der Waals surface area (Å²) in [5, 5.41) is 0.0225. The van der Waals surface area contributed by atoms with Crippen molar-refractivity contribution in [2.45, 2.75) is 45.5 Å². The third kappa shape index (κ3) is 4.76. The van der Waals surface area contributed by atoms with Crippen LogP contribution in [0.25, 0.3) is 0 Å². The quantitative estimate of drug-likeness (QED) is 0.733. The van der Waals surface area contributed by atoms with Crippen LogP contribution in [0.5, 0.6) is 0 Å². The first-order chi connectivity index (χ1) is 11.4. The predicted molar refractivity (Wildman–Crippen MR) is 97.9 cm³/mol. The average molecular weight is 349 g/mol. The zero-order valence-electron chi connectivity index (χ0n) is 14.9. The maximum atomic E-state index is 13.0. The van der Waals surface area contributed by atoms with Gasteiger partial charge in [-0.15, -0.1) is 11.8 Å². The molecule has 1 aromatic carbocycles. The SMILES string of the molecule is CC(C)COC(=O)[C@H]1CS[C@H](CC(C)C)N1C(=O)c1ccccc1. The highest BCUT2D eigenvalue weighted by atomic mass is 32.2. The molecule has 0 radical (unpaired) electrons. The number of hydrogen-bond acceptors (Lipinski definition) is 4. The van der Waals surface area contributed by atoms with Crippen LogP contribution in [0, 0.1) is 11.8 Å². The van der Waals surface area contributed by atoms with Crippen LogP contribution in [-0.2, 0) is 9.53 Å². The molecule has 0 saturated carbocycles. The fourth-order valence-electron chi connectivity index (χ4n) is 2.68. The fourth-order valence-corrected chi connectivity index (χ4v) is 4.30. The zero-order valence-corrected chi connectivity index (χ0v) is 15.7. The van der Waals surface area contributed by atoms with E-state index in [-0.39, 0.29) is 23.2 Å². The lowest BCUT2D eigenvalue weighted by Gasteiger charge is -2.29. The normalized spacial score (nSPS) is 20.7. The maximum absolute atomic E-state index is 13.0. The number of benzene rings is 1. The first kappa shape index (κ1) is 18.8. The Labute approximate surface area is 148 Å². The monoisotopic (exact) mass is 349 g/mol. The fraction of sp³-hybridized carbons (Fsp3) is 0.579. The summed E-state index contributed by atoms with van der Waals surface area (Å²) in [6, 6.07) is 8.68. The van der Waals surface area contributed by atoms with Crippen LogP contribution in [-0.4, -0.2) is 40.6 Å². The molecule has 2 rings (SSSR count). The molecule has 0 N–H and O–H groups in total. The number of esters is 1. The van der Waals surface area contributed by atoms with Gasteiger partial charge in [0.25, 0.3) is 5.91 Å². The topological polar surface area (TPSA) is 46.6 Å². The van der Waals surface area contributed by atoms with E-state index < -0.39 is 6.04 Å². The summed E-state index contributed by atoms with van der Waals surface area (Å²) in [6.45, 7) is 8.67. The number of nitrogens with zero attached hydrogens (tertiary/aromatic N) is 1. The van der Waals surface area contributed by atoms with Gasteiger partial charge in [0.2, 0.25) is 0 Å². The lowest BCUT2D eigenvalue weighted by atomic mass is 10.1. The Morgan fingerprint density at radius 2 is 1.83 bits per heavy atom. The summed E-state index contributed by atoms with van der Waals surface area (Å²) in [5.74, 6) is 0.976. The minimum Gasteiger partial charge on any atom is -0.464 e.